The van der Waals surface area contributed by atoms with Crippen molar-refractivity contribution < 1.29 is 14.3 Å². The van der Waals surface area contributed by atoms with E-state index in [-0.39, 0.29) is 18.3 Å². The summed E-state index contributed by atoms with van der Waals surface area (Å²) in [6, 6.07) is 4.74. The van der Waals surface area contributed by atoms with Gasteiger partial charge in [0.25, 0.3) is 5.91 Å². The van der Waals surface area contributed by atoms with Crippen molar-refractivity contribution in [3.8, 4) is 5.75 Å². The lowest BCUT2D eigenvalue weighted by molar-refractivity contribution is -0.118. The van der Waals surface area contributed by atoms with Crippen LogP contribution in [0.4, 0.5) is 5.13 Å². The summed E-state index contributed by atoms with van der Waals surface area (Å²) in [5, 5.41) is 3.88. The number of aryl methyl sites for hydroxylation is 1. The zero-order valence-electron chi connectivity index (χ0n) is 12.5. The van der Waals surface area contributed by atoms with Crippen LogP contribution in [0.2, 0.25) is 10.0 Å². The number of primary amides is 1. The molecule has 0 atom stereocenters. The lowest BCUT2D eigenvalue weighted by atomic mass is 10.3. The number of halogens is 2. The summed E-state index contributed by atoms with van der Waals surface area (Å²) in [5.41, 5.74) is 5.84. The summed E-state index contributed by atoms with van der Waals surface area (Å²) >= 11 is 14.4. The van der Waals surface area contributed by atoms with Crippen LogP contribution in [0.1, 0.15) is 5.69 Å². The van der Waals surface area contributed by atoms with Crippen LogP contribution in [-0.4, -0.2) is 29.2 Å². The molecule has 2 aromatic rings. The predicted molar refractivity (Wildman–Crippen MR) is 97.4 cm³/mol. The normalized spacial score (nSPS) is 10.5. The highest BCUT2D eigenvalue weighted by Crippen LogP contribution is 2.32. The Morgan fingerprint density at radius 1 is 1.42 bits per heavy atom. The Bertz CT molecular complexity index is 768. The van der Waals surface area contributed by atoms with Crippen LogP contribution in [0.25, 0.3) is 0 Å². The Morgan fingerprint density at radius 3 is 2.88 bits per heavy atom. The molecule has 1 aromatic heterocycles. The minimum Gasteiger partial charge on any atom is -0.482 e. The molecule has 2 rings (SSSR count). The van der Waals surface area contributed by atoms with Crippen molar-refractivity contribution in [2.75, 3.05) is 17.7 Å². The molecule has 1 heterocycles. The van der Waals surface area contributed by atoms with E-state index in [1.165, 1.54) is 29.2 Å². The van der Waals surface area contributed by atoms with Gasteiger partial charge in [0.2, 0.25) is 5.91 Å². The van der Waals surface area contributed by atoms with Gasteiger partial charge < -0.3 is 10.5 Å². The van der Waals surface area contributed by atoms with Crippen molar-refractivity contribution in [3.63, 3.8) is 0 Å². The Kier molecular flexibility index (Phi) is 6.73. The number of amides is 2. The zero-order valence-corrected chi connectivity index (χ0v) is 15.6. The molecule has 0 aliphatic rings. The fraction of sp³-hybridized carbons (Fsp3) is 0.214. The first-order valence-corrected chi connectivity index (χ1v) is 9.17. The maximum atomic E-state index is 11.9. The van der Waals surface area contributed by atoms with Gasteiger partial charge in [-0.1, -0.05) is 34.5 Å². The van der Waals surface area contributed by atoms with Crippen molar-refractivity contribution in [2.45, 2.75) is 11.1 Å². The number of benzene rings is 1. The largest absolute Gasteiger partial charge is 0.482 e. The number of nitrogens with one attached hydrogen (secondary N) is 1. The van der Waals surface area contributed by atoms with Crippen molar-refractivity contribution >= 4 is 63.2 Å². The molecule has 0 radical (unpaired) electrons. The fourth-order valence-electron chi connectivity index (χ4n) is 1.59. The van der Waals surface area contributed by atoms with E-state index in [0.717, 1.165) is 9.90 Å². The maximum Gasteiger partial charge on any atom is 0.264 e. The van der Waals surface area contributed by atoms with E-state index in [4.69, 9.17) is 33.7 Å². The van der Waals surface area contributed by atoms with Crippen molar-refractivity contribution in [3.05, 3.63) is 33.9 Å². The number of thioether (sulfide) groups is 1. The molecule has 3 N–H and O–H groups in total. The molecule has 10 heteroatoms. The summed E-state index contributed by atoms with van der Waals surface area (Å²) in [5.74, 6) is -0.309. The number of carbonyl (C=O) groups excluding carboxylic acids is 2. The minimum atomic E-state index is -0.412. The van der Waals surface area contributed by atoms with Gasteiger partial charge in [-0.05, 0) is 19.1 Å². The van der Waals surface area contributed by atoms with Crippen LogP contribution in [0.3, 0.4) is 0 Å². The molecule has 0 aliphatic heterocycles. The first kappa shape index (κ1) is 18.9. The number of hydrogen-bond donors (Lipinski definition) is 2. The van der Waals surface area contributed by atoms with Gasteiger partial charge in [0.05, 0.1) is 20.7 Å². The average molecular weight is 406 g/mol. The van der Waals surface area contributed by atoms with Gasteiger partial charge >= 0.3 is 0 Å². The van der Waals surface area contributed by atoms with Gasteiger partial charge in [0.15, 0.2) is 11.7 Å². The lowest BCUT2D eigenvalue weighted by Gasteiger charge is -2.07. The Morgan fingerprint density at radius 2 is 2.17 bits per heavy atom. The molecule has 0 bridgehead atoms. The van der Waals surface area contributed by atoms with Crippen LogP contribution >= 0.6 is 46.3 Å². The highest BCUT2D eigenvalue weighted by atomic mass is 35.5. The second-order valence-corrected chi connectivity index (χ2v) is 7.65. The zero-order chi connectivity index (χ0) is 17.7. The van der Waals surface area contributed by atoms with E-state index in [2.05, 4.69) is 10.3 Å². The third-order valence-corrected chi connectivity index (χ3v) is 5.60. The third-order valence-electron chi connectivity index (χ3n) is 2.60. The topological polar surface area (TPSA) is 94.3 Å². The number of nitrogens with two attached hydrogens (primary N) is 1. The van der Waals surface area contributed by atoms with E-state index in [1.54, 1.807) is 19.1 Å². The van der Waals surface area contributed by atoms with Crippen LogP contribution in [0.5, 0.6) is 5.75 Å². The molecule has 0 saturated carbocycles. The Balaban J connectivity index is 1.91. The molecule has 0 spiro atoms. The Labute approximate surface area is 156 Å². The van der Waals surface area contributed by atoms with E-state index in [9.17, 15) is 9.59 Å². The standard InChI is InChI=1S/C14H13Cl2N3O3S2/c1-7-13(23-6-11(17)20)24-14(18-7)19-12(21)5-22-10-4-8(15)2-3-9(10)16/h2-4H,5-6H2,1H3,(H2,17,20)(H,18,19,21). The number of nitrogens with zero attached hydrogens (tertiary/aromatic N) is 1. The molecule has 0 unspecified atom stereocenters. The maximum absolute atomic E-state index is 11.9. The van der Waals surface area contributed by atoms with Crippen LogP contribution < -0.4 is 15.8 Å². The van der Waals surface area contributed by atoms with E-state index in [0.29, 0.717) is 20.9 Å². The summed E-state index contributed by atoms with van der Waals surface area (Å²) in [7, 11) is 0. The molecule has 0 aliphatic carbocycles. The van der Waals surface area contributed by atoms with E-state index < -0.39 is 5.91 Å². The van der Waals surface area contributed by atoms with Crippen LogP contribution in [0.15, 0.2) is 22.4 Å². The van der Waals surface area contributed by atoms with Gasteiger partial charge in [0.1, 0.15) is 5.75 Å². The number of aromatic nitrogens is 1. The van der Waals surface area contributed by atoms with Crippen molar-refractivity contribution in [1.29, 1.82) is 0 Å². The molecular weight excluding hydrogens is 393 g/mol. The summed E-state index contributed by atoms with van der Waals surface area (Å²) in [4.78, 5) is 27.0. The van der Waals surface area contributed by atoms with Crippen LogP contribution in [0, 0.1) is 6.92 Å². The first-order chi connectivity index (χ1) is 11.3. The molecular formula is C14H13Cl2N3O3S2. The number of anilines is 1. The number of thiazole rings is 1. The smallest absolute Gasteiger partial charge is 0.264 e. The second kappa shape index (κ2) is 8.57. The molecule has 0 saturated heterocycles. The number of ether oxygens (including phenoxy) is 1. The number of rotatable bonds is 7. The highest BCUT2D eigenvalue weighted by Gasteiger charge is 2.13. The molecule has 1 aromatic carbocycles. The minimum absolute atomic E-state index is 0.160. The summed E-state index contributed by atoms with van der Waals surface area (Å²) < 4.78 is 6.17. The molecule has 0 fully saturated rings. The van der Waals surface area contributed by atoms with Gasteiger partial charge in [-0.3, -0.25) is 14.9 Å². The predicted octanol–water partition coefficient (Wildman–Crippen LogP) is 3.35. The van der Waals surface area contributed by atoms with E-state index in [1.807, 2.05) is 0 Å². The van der Waals surface area contributed by atoms with Gasteiger partial charge in [-0.15, -0.1) is 11.8 Å². The Hall–Kier alpha value is -1.48. The highest BCUT2D eigenvalue weighted by molar-refractivity contribution is 8.01. The third kappa shape index (κ3) is 5.55. The second-order valence-electron chi connectivity index (χ2n) is 4.56. The van der Waals surface area contributed by atoms with Gasteiger partial charge in [-0.25, -0.2) is 4.98 Å². The van der Waals surface area contributed by atoms with Gasteiger partial charge in [0, 0.05) is 11.1 Å². The number of carbonyl (C=O) groups is 2. The first-order valence-electron chi connectivity index (χ1n) is 6.61. The number of hydrogen-bond acceptors (Lipinski definition) is 6. The van der Waals surface area contributed by atoms with Crippen molar-refractivity contribution in [1.82, 2.24) is 4.98 Å². The monoisotopic (exact) mass is 405 g/mol. The molecule has 128 valence electrons. The average Bonchev–Trinajstić information content (AvgIpc) is 2.85. The molecule has 6 nitrogen and oxygen atoms in total. The SMILES string of the molecule is Cc1nc(NC(=O)COc2cc(Cl)ccc2Cl)sc1SCC(N)=O. The summed E-state index contributed by atoms with van der Waals surface area (Å²) in [6.07, 6.45) is 0. The van der Waals surface area contributed by atoms with Gasteiger partial charge in [-0.2, -0.15) is 0 Å². The molecule has 24 heavy (non-hydrogen) atoms. The van der Waals surface area contributed by atoms with Crippen LogP contribution in [-0.2, 0) is 9.59 Å². The lowest BCUT2D eigenvalue weighted by Crippen LogP contribution is -2.20. The van der Waals surface area contributed by atoms with E-state index >= 15 is 0 Å². The molecule has 2 amide bonds. The van der Waals surface area contributed by atoms with Crippen molar-refractivity contribution in [2.24, 2.45) is 5.73 Å². The fourth-order valence-corrected chi connectivity index (χ4v) is 3.82. The quantitative estimate of drug-likeness (QED) is 0.688. The summed E-state index contributed by atoms with van der Waals surface area (Å²) in [6.45, 7) is 1.56.